The van der Waals surface area contributed by atoms with Crippen LogP contribution in [0.4, 0.5) is 4.39 Å². The number of fused-ring (bicyclic) bond motifs is 1. The fraction of sp³-hybridized carbons (Fsp3) is 0.438. The molecule has 21 heavy (non-hydrogen) atoms. The topological polar surface area (TPSA) is 62.5 Å². The second-order valence-corrected chi connectivity index (χ2v) is 5.68. The van der Waals surface area contributed by atoms with E-state index >= 15 is 0 Å². The first-order chi connectivity index (χ1) is 10.0. The highest BCUT2D eigenvalue weighted by molar-refractivity contribution is 5.99. The maximum atomic E-state index is 13.3. The molecule has 1 aliphatic carbocycles. The lowest BCUT2D eigenvalue weighted by molar-refractivity contribution is 0.0844. The minimum absolute atomic E-state index is 0.0604. The quantitative estimate of drug-likeness (QED) is 0.894. The predicted molar refractivity (Wildman–Crippen MR) is 76.6 cm³/mol. The molecule has 1 aliphatic rings. The highest BCUT2D eigenvalue weighted by Gasteiger charge is 2.24. The average Bonchev–Trinajstić information content (AvgIpc) is 2.79. The Morgan fingerprint density at radius 1 is 1.33 bits per heavy atom. The maximum Gasteiger partial charge on any atom is 0.287 e. The number of hydrogen-bond donors (Lipinski definition) is 2. The summed E-state index contributed by atoms with van der Waals surface area (Å²) in [7, 11) is 0. The zero-order valence-corrected chi connectivity index (χ0v) is 11.9. The summed E-state index contributed by atoms with van der Waals surface area (Å²) in [5, 5.41) is 13.0. The zero-order valence-electron chi connectivity index (χ0n) is 11.9. The van der Waals surface area contributed by atoms with E-state index in [0.29, 0.717) is 29.4 Å². The van der Waals surface area contributed by atoms with E-state index in [1.165, 1.54) is 18.2 Å². The van der Waals surface area contributed by atoms with E-state index in [1.807, 2.05) is 0 Å². The largest absolute Gasteiger partial charge is 0.451 e. The van der Waals surface area contributed by atoms with Crippen molar-refractivity contribution in [3.63, 3.8) is 0 Å². The van der Waals surface area contributed by atoms with Gasteiger partial charge in [0.15, 0.2) is 5.76 Å². The summed E-state index contributed by atoms with van der Waals surface area (Å²) in [6.45, 7) is 1.75. The molecular formula is C16H18FNO3. The van der Waals surface area contributed by atoms with Crippen molar-refractivity contribution in [2.45, 2.75) is 44.8 Å². The van der Waals surface area contributed by atoms with Gasteiger partial charge >= 0.3 is 0 Å². The molecule has 1 fully saturated rings. The molecule has 0 radical (unpaired) electrons. The van der Waals surface area contributed by atoms with Crippen LogP contribution >= 0.6 is 0 Å². The number of benzene rings is 1. The molecule has 1 aromatic carbocycles. The smallest absolute Gasteiger partial charge is 0.287 e. The van der Waals surface area contributed by atoms with Crippen LogP contribution in [0.2, 0.25) is 0 Å². The van der Waals surface area contributed by atoms with Crippen LogP contribution in [-0.2, 0) is 0 Å². The number of aryl methyl sites for hydroxylation is 1. The summed E-state index contributed by atoms with van der Waals surface area (Å²) in [4.78, 5) is 12.3. The van der Waals surface area contributed by atoms with Crippen LogP contribution in [0.3, 0.4) is 0 Å². The molecule has 1 heterocycles. The number of aliphatic hydroxyl groups excluding tert-OH is 1. The molecule has 0 bridgehead atoms. The summed E-state index contributed by atoms with van der Waals surface area (Å²) >= 11 is 0. The molecule has 1 aromatic heterocycles. The number of rotatable bonds is 2. The van der Waals surface area contributed by atoms with Gasteiger partial charge in [-0.15, -0.1) is 0 Å². The Hall–Kier alpha value is -1.88. The van der Waals surface area contributed by atoms with E-state index in [2.05, 4.69) is 5.32 Å². The summed E-state index contributed by atoms with van der Waals surface area (Å²) < 4.78 is 18.8. The fourth-order valence-electron chi connectivity index (χ4n) is 2.88. The molecule has 0 saturated heterocycles. The molecule has 5 heteroatoms. The molecule has 0 aliphatic heterocycles. The van der Waals surface area contributed by atoms with Gasteiger partial charge in [-0.1, -0.05) is 0 Å². The number of carbonyl (C=O) groups excluding carboxylic acids is 1. The normalized spacial score (nSPS) is 22.4. The third-order valence-corrected chi connectivity index (χ3v) is 4.14. The van der Waals surface area contributed by atoms with Gasteiger partial charge in [0.2, 0.25) is 0 Å². The van der Waals surface area contributed by atoms with Gasteiger partial charge in [0, 0.05) is 17.0 Å². The molecule has 2 aromatic rings. The van der Waals surface area contributed by atoms with Gasteiger partial charge in [-0.2, -0.15) is 0 Å². The number of carbonyl (C=O) groups is 1. The highest BCUT2D eigenvalue weighted by atomic mass is 19.1. The Bertz CT molecular complexity index is 671. The van der Waals surface area contributed by atoms with E-state index in [4.69, 9.17) is 4.42 Å². The summed E-state index contributed by atoms with van der Waals surface area (Å²) in [6.07, 6.45) is 2.68. The lowest BCUT2D eigenvalue weighted by atomic mass is 9.93. The summed E-state index contributed by atoms with van der Waals surface area (Å²) in [6, 6.07) is 4.29. The van der Waals surface area contributed by atoms with Crippen molar-refractivity contribution >= 4 is 16.9 Å². The number of aliphatic hydroxyl groups is 1. The lowest BCUT2D eigenvalue weighted by Crippen LogP contribution is -2.38. The predicted octanol–water partition coefficient (Wildman–Crippen LogP) is 2.91. The first kappa shape index (κ1) is 14.1. The third-order valence-electron chi connectivity index (χ3n) is 4.14. The third kappa shape index (κ3) is 2.78. The van der Waals surface area contributed by atoms with Crippen molar-refractivity contribution in [3.05, 3.63) is 35.3 Å². The van der Waals surface area contributed by atoms with Crippen LogP contribution in [0.25, 0.3) is 11.0 Å². The van der Waals surface area contributed by atoms with Crippen molar-refractivity contribution in [2.75, 3.05) is 0 Å². The Morgan fingerprint density at radius 3 is 2.76 bits per heavy atom. The zero-order chi connectivity index (χ0) is 15.0. The molecule has 0 atom stereocenters. The van der Waals surface area contributed by atoms with Gasteiger partial charge < -0.3 is 14.8 Å². The molecule has 3 rings (SSSR count). The van der Waals surface area contributed by atoms with E-state index < -0.39 is 0 Å². The fourth-order valence-corrected chi connectivity index (χ4v) is 2.88. The Labute approximate surface area is 121 Å². The second-order valence-electron chi connectivity index (χ2n) is 5.68. The molecule has 2 N–H and O–H groups in total. The van der Waals surface area contributed by atoms with Gasteiger partial charge in [0.1, 0.15) is 11.4 Å². The molecule has 4 nitrogen and oxygen atoms in total. The minimum Gasteiger partial charge on any atom is -0.451 e. The van der Waals surface area contributed by atoms with Crippen molar-refractivity contribution in [1.82, 2.24) is 5.32 Å². The highest BCUT2D eigenvalue weighted by Crippen LogP contribution is 2.26. The maximum absolute atomic E-state index is 13.3. The van der Waals surface area contributed by atoms with Crippen LogP contribution in [0, 0.1) is 12.7 Å². The average molecular weight is 291 g/mol. The molecule has 0 spiro atoms. The second kappa shape index (κ2) is 5.48. The Morgan fingerprint density at radius 2 is 2.05 bits per heavy atom. The van der Waals surface area contributed by atoms with Crippen molar-refractivity contribution < 1.29 is 18.7 Å². The summed E-state index contributed by atoms with van der Waals surface area (Å²) in [5.74, 6) is -0.383. The number of furan rings is 1. The van der Waals surface area contributed by atoms with Gasteiger partial charge in [-0.3, -0.25) is 4.79 Å². The molecule has 112 valence electrons. The number of amides is 1. The molecule has 1 amide bonds. The van der Waals surface area contributed by atoms with Gasteiger partial charge in [-0.05, 0) is 50.8 Å². The van der Waals surface area contributed by atoms with Crippen LogP contribution < -0.4 is 5.32 Å². The number of halogens is 1. The lowest BCUT2D eigenvalue weighted by Gasteiger charge is -2.25. The first-order valence-electron chi connectivity index (χ1n) is 7.22. The van der Waals surface area contributed by atoms with Crippen molar-refractivity contribution in [2.24, 2.45) is 0 Å². The number of nitrogens with one attached hydrogen (secondary N) is 1. The van der Waals surface area contributed by atoms with Crippen LogP contribution in [-0.4, -0.2) is 23.2 Å². The Balaban J connectivity index is 1.80. The molecule has 1 saturated carbocycles. The van der Waals surface area contributed by atoms with Gasteiger partial charge in [0.25, 0.3) is 5.91 Å². The summed E-state index contributed by atoms with van der Waals surface area (Å²) in [5.41, 5.74) is 1.16. The van der Waals surface area contributed by atoms with Gasteiger partial charge in [-0.25, -0.2) is 4.39 Å². The van der Waals surface area contributed by atoms with Crippen molar-refractivity contribution in [1.29, 1.82) is 0 Å². The molecular weight excluding hydrogens is 273 g/mol. The van der Waals surface area contributed by atoms with Crippen LogP contribution in [0.5, 0.6) is 0 Å². The van der Waals surface area contributed by atoms with E-state index in [-0.39, 0.29) is 29.6 Å². The SMILES string of the molecule is Cc1c(C(=O)NC2CCC(O)CC2)oc2ccc(F)cc12. The van der Waals surface area contributed by atoms with E-state index in [0.717, 1.165) is 12.8 Å². The number of hydrogen-bond acceptors (Lipinski definition) is 3. The monoisotopic (exact) mass is 291 g/mol. The van der Waals surface area contributed by atoms with Crippen molar-refractivity contribution in [3.8, 4) is 0 Å². The minimum atomic E-state index is -0.348. The van der Waals surface area contributed by atoms with Gasteiger partial charge in [0.05, 0.1) is 6.10 Å². The first-order valence-corrected chi connectivity index (χ1v) is 7.22. The van der Waals surface area contributed by atoms with E-state index in [1.54, 1.807) is 6.92 Å². The van der Waals surface area contributed by atoms with E-state index in [9.17, 15) is 14.3 Å². The van der Waals surface area contributed by atoms with Crippen LogP contribution in [0.15, 0.2) is 22.6 Å². The van der Waals surface area contributed by atoms with Crippen LogP contribution in [0.1, 0.15) is 41.8 Å². The molecule has 0 unspecified atom stereocenters. The Kier molecular flexibility index (Phi) is 3.68. The standard InChI is InChI=1S/C16H18FNO3/c1-9-13-8-10(17)2-7-14(13)21-15(9)16(20)18-11-3-5-12(19)6-4-11/h2,7-8,11-12,19H,3-6H2,1H3,(H,18,20).